The number of nitrogens with zero attached hydrogens (tertiary/aromatic N) is 3. The second-order valence-corrected chi connectivity index (χ2v) is 9.37. The van der Waals surface area contributed by atoms with Gasteiger partial charge in [0.1, 0.15) is 5.65 Å². The van der Waals surface area contributed by atoms with Crippen LogP contribution in [0.5, 0.6) is 0 Å². The van der Waals surface area contributed by atoms with Gasteiger partial charge in [0.15, 0.2) is 4.77 Å². The smallest absolute Gasteiger partial charge is 0.268 e. The molecule has 176 valence electrons. The molecule has 0 saturated heterocycles. The molecule has 0 amide bonds. The first-order valence-corrected chi connectivity index (χ1v) is 12.2. The second kappa shape index (κ2) is 8.99. The quantitative estimate of drug-likeness (QED) is 0.218. The Hall–Kier alpha value is -3.84. The lowest BCUT2D eigenvalue weighted by atomic mass is 10.1. The van der Waals surface area contributed by atoms with Crippen molar-refractivity contribution in [3.8, 4) is 28.5 Å². The third kappa shape index (κ3) is 3.71. The molecule has 0 aliphatic heterocycles. The third-order valence-corrected chi connectivity index (χ3v) is 6.84. The van der Waals surface area contributed by atoms with Crippen LogP contribution in [0.1, 0.15) is 0 Å². The van der Waals surface area contributed by atoms with Gasteiger partial charge in [-0.05, 0) is 78.4 Å². The van der Waals surface area contributed by atoms with E-state index in [0.29, 0.717) is 37.4 Å². The zero-order chi connectivity index (χ0) is 24.8. The molecule has 0 bridgehead atoms. The molecule has 5 nitrogen and oxygen atoms in total. The van der Waals surface area contributed by atoms with E-state index in [0.717, 1.165) is 16.9 Å². The highest BCUT2D eigenvalue weighted by Gasteiger charge is 2.23. The molecule has 0 atom stereocenters. The molecule has 0 radical (unpaired) electrons. The van der Waals surface area contributed by atoms with Crippen molar-refractivity contribution in [2.24, 2.45) is 0 Å². The number of benzene rings is 3. The summed E-state index contributed by atoms with van der Waals surface area (Å²) in [5.41, 5.74) is 3.43. The van der Waals surface area contributed by atoms with Crippen LogP contribution in [0, 0.1) is 4.77 Å². The van der Waals surface area contributed by atoms with Gasteiger partial charge >= 0.3 is 0 Å². The Morgan fingerprint density at radius 3 is 1.89 bits per heavy atom. The predicted molar refractivity (Wildman–Crippen MR) is 147 cm³/mol. The fraction of sp³-hybridized carbons (Fsp3) is 0. The van der Waals surface area contributed by atoms with E-state index in [1.54, 1.807) is 42.7 Å². The predicted octanol–water partition coefficient (Wildman–Crippen LogP) is 7.87. The number of furan rings is 1. The lowest BCUT2D eigenvalue weighted by Crippen LogP contribution is -2.24. The van der Waals surface area contributed by atoms with Gasteiger partial charge in [-0.1, -0.05) is 53.5 Å². The Labute approximate surface area is 221 Å². The molecule has 0 saturated carbocycles. The summed E-state index contributed by atoms with van der Waals surface area (Å²) in [4.78, 5) is 14.0. The summed E-state index contributed by atoms with van der Waals surface area (Å²) >= 11 is 18.3. The Morgan fingerprint density at radius 2 is 1.31 bits per heavy atom. The van der Waals surface area contributed by atoms with Crippen LogP contribution in [0.15, 0.2) is 113 Å². The van der Waals surface area contributed by atoms with E-state index in [1.807, 2.05) is 69.8 Å². The molecule has 6 rings (SSSR count). The average molecular weight is 530 g/mol. The maximum absolute atomic E-state index is 14.0. The van der Waals surface area contributed by atoms with Gasteiger partial charge in [0.2, 0.25) is 5.88 Å². The number of rotatable bonds is 4. The highest BCUT2D eigenvalue weighted by atomic mass is 35.5. The maximum Gasteiger partial charge on any atom is 0.268 e. The Kier molecular flexibility index (Phi) is 5.64. The van der Waals surface area contributed by atoms with Crippen LogP contribution in [-0.4, -0.2) is 13.7 Å². The highest BCUT2D eigenvalue weighted by molar-refractivity contribution is 7.71. The van der Waals surface area contributed by atoms with Gasteiger partial charge in [0.25, 0.3) is 5.56 Å². The number of hydrogen-bond donors (Lipinski definition) is 0. The van der Waals surface area contributed by atoms with Crippen LogP contribution in [-0.2, 0) is 0 Å². The van der Waals surface area contributed by atoms with Crippen molar-refractivity contribution in [1.82, 2.24) is 13.7 Å². The van der Waals surface area contributed by atoms with Crippen molar-refractivity contribution in [3.05, 3.63) is 128 Å². The van der Waals surface area contributed by atoms with E-state index in [2.05, 4.69) is 0 Å². The third-order valence-electron chi connectivity index (χ3n) is 5.97. The molecular formula is C28H17Cl2N3O2S. The number of halogens is 2. The molecule has 0 aliphatic rings. The lowest BCUT2D eigenvalue weighted by Gasteiger charge is -2.17. The molecule has 0 aliphatic carbocycles. The lowest BCUT2D eigenvalue weighted by molar-refractivity contribution is 0.542. The van der Waals surface area contributed by atoms with Crippen LogP contribution in [0.4, 0.5) is 0 Å². The first-order chi connectivity index (χ1) is 17.5. The van der Waals surface area contributed by atoms with Gasteiger partial charge < -0.3 is 4.42 Å². The normalized spacial score (nSPS) is 11.3. The Morgan fingerprint density at radius 1 is 0.694 bits per heavy atom. The number of fused-ring (bicyclic) bond motifs is 1. The summed E-state index contributed by atoms with van der Waals surface area (Å²) in [7, 11) is 0. The molecule has 0 fully saturated rings. The van der Waals surface area contributed by atoms with Gasteiger partial charge in [-0.2, -0.15) is 0 Å². The second-order valence-electron chi connectivity index (χ2n) is 8.13. The van der Waals surface area contributed by atoms with Crippen LogP contribution in [0.3, 0.4) is 0 Å². The summed E-state index contributed by atoms with van der Waals surface area (Å²) in [6.45, 7) is 0. The van der Waals surface area contributed by atoms with E-state index in [-0.39, 0.29) is 5.56 Å². The van der Waals surface area contributed by atoms with Crippen LogP contribution in [0.2, 0.25) is 10.0 Å². The van der Waals surface area contributed by atoms with Gasteiger partial charge in [-0.3, -0.25) is 18.5 Å². The van der Waals surface area contributed by atoms with Crippen LogP contribution >= 0.6 is 35.4 Å². The fourth-order valence-electron chi connectivity index (χ4n) is 4.36. The van der Waals surface area contributed by atoms with Gasteiger partial charge in [-0.25, -0.2) is 0 Å². The monoisotopic (exact) mass is 529 g/mol. The maximum atomic E-state index is 14.0. The molecule has 3 aromatic carbocycles. The van der Waals surface area contributed by atoms with E-state index in [1.165, 1.54) is 4.57 Å². The van der Waals surface area contributed by atoms with E-state index in [9.17, 15) is 4.79 Å². The van der Waals surface area contributed by atoms with Crippen molar-refractivity contribution in [2.45, 2.75) is 0 Å². The first kappa shape index (κ1) is 22.6. The number of aromatic nitrogens is 3. The standard InChI is InChI=1S/C28H17Cl2N3O2S/c29-19-8-12-21(13-9-19)31-26-23(27(34)32(28(31)36)22-14-10-20(30)11-15-22)17-24(18-5-2-1-3-6-18)33(26)25-7-4-16-35-25/h1-17H. The zero-order valence-corrected chi connectivity index (χ0v) is 21.0. The van der Waals surface area contributed by atoms with Gasteiger partial charge in [0.05, 0.1) is 23.0 Å². The largest absolute Gasteiger partial charge is 0.448 e. The molecule has 3 aromatic heterocycles. The summed E-state index contributed by atoms with van der Waals surface area (Å²) in [5.74, 6) is 0.560. The minimum absolute atomic E-state index is 0.245. The Bertz CT molecular complexity index is 1820. The van der Waals surface area contributed by atoms with Gasteiger partial charge in [-0.15, -0.1) is 0 Å². The van der Waals surface area contributed by atoms with Crippen molar-refractivity contribution in [3.63, 3.8) is 0 Å². The molecular weight excluding hydrogens is 513 g/mol. The molecule has 3 heterocycles. The number of hydrogen-bond acceptors (Lipinski definition) is 3. The SMILES string of the molecule is O=c1c2cc(-c3ccccc3)n(-c3ccco3)c2n(-c2ccc(Cl)cc2)c(=S)n1-c1ccc(Cl)cc1. The highest BCUT2D eigenvalue weighted by Crippen LogP contribution is 2.32. The molecule has 36 heavy (non-hydrogen) atoms. The van der Waals surface area contributed by atoms with Crippen LogP contribution in [0.25, 0.3) is 39.5 Å². The molecule has 6 aromatic rings. The first-order valence-electron chi connectivity index (χ1n) is 11.1. The minimum atomic E-state index is -0.245. The van der Waals surface area contributed by atoms with E-state index < -0.39 is 0 Å². The average Bonchev–Trinajstić information content (AvgIpc) is 3.55. The molecule has 0 spiro atoms. The summed E-state index contributed by atoms with van der Waals surface area (Å²) in [5, 5.41) is 1.64. The summed E-state index contributed by atoms with van der Waals surface area (Å²) < 4.78 is 11.4. The topological polar surface area (TPSA) is 45.0 Å². The van der Waals surface area contributed by atoms with Gasteiger partial charge in [0, 0.05) is 21.8 Å². The molecule has 8 heteroatoms. The van der Waals surface area contributed by atoms with Crippen molar-refractivity contribution in [1.29, 1.82) is 0 Å². The molecule has 0 unspecified atom stereocenters. The summed E-state index contributed by atoms with van der Waals surface area (Å²) in [6.07, 6.45) is 1.60. The van der Waals surface area contributed by atoms with Crippen molar-refractivity contribution < 1.29 is 4.42 Å². The minimum Gasteiger partial charge on any atom is -0.448 e. The van der Waals surface area contributed by atoms with E-state index in [4.69, 9.17) is 39.8 Å². The molecule has 0 N–H and O–H groups in total. The Balaban J connectivity index is 1.82. The van der Waals surface area contributed by atoms with Crippen LogP contribution < -0.4 is 5.56 Å². The fourth-order valence-corrected chi connectivity index (χ4v) is 4.99. The van der Waals surface area contributed by atoms with Crippen molar-refractivity contribution in [2.75, 3.05) is 0 Å². The summed E-state index contributed by atoms with van der Waals surface area (Å²) in [6, 6.07) is 29.7. The zero-order valence-electron chi connectivity index (χ0n) is 18.6. The van der Waals surface area contributed by atoms with E-state index >= 15 is 0 Å². The van der Waals surface area contributed by atoms with Crippen molar-refractivity contribution >= 4 is 46.5 Å².